The molecule has 1 amide bonds. The number of carbonyl (C=O) groups is 1. The van der Waals surface area contributed by atoms with Gasteiger partial charge >= 0.3 is 0 Å². The van der Waals surface area contributed by atoms with Crippen LogP contribution in [0.25, 0.3) is 0 Å². The number of aromatic nitrogens is 3. The zero-order chi connectivity index (χ0) is 17.8. The van der Waals surface area contributed by atoms with Gasteiger partial charge in [-0.15, -0.1) is 0 Å². The largest absolute Gasteiger partial charge is 0.377 e. The Labute approximate surface area is 153 Å². The minimum absolute atomic E-state index is 0.0344. The lowest BCUT2D eigenvalue weighted by molar-refractivity contribution is -0.139. The Bertz CT molecular complexity index is 749. The standard InChI is InChI=1S/C19H23N5O2/c25-18(13-15-5-1-2-7-20-15)24-11-12-26-14-16(24)19-21-8-6-17(22-19)23-9-3-4-10-23/h1-2,5-8,16H,3-4,9-14H2/t16-/m1/s1. The van der Waals surface area contributed by atoms with Gasteiger partial charge in [0.1, 0.15) is 11.9 Å². The lowest BCUT2D eigenvalue weighted by atomic mass is 10.1. The van der Waals surface area contributed by atoms with E-state index >= 15 is 0 Å². The Balaban J connectivity index is 1.53. The third-order valence-corrected chi connectivity index (χ3v) is 4.89. The third kappa shape index (κ3) is 3.67. The molecule has 26 heavy (non-hydrogen) atoms. The number of carbonyl (C=O) groups excluding carboxylic acids is 1. The molecule has 2 aromatic heterocycles. The molecule has 0 N–H and O–H groups in total. The van der Waals surface area contributed by atoms with E-state index in [2.05, 4.69) is 14.9 Å². The third-order valence-electron chi connectivity index (χ3n) is 4.89. The van der Waals surface area contributed by atoms with E-state index in [1.807, 2.05) is 29.2 Å². The van der Waals surface area contributed by atoms with E-state index in [1.54, 1.807) is 12.4 Å². The molecule has 4 rings (SSSR count). The Morgan fingerprint density at radius 3 is 2.81 bits per heavy atom. The first-order chi connectivity index (χ1) is 12.8. The van der Waals surface area contributed by atoms with Crippen molar-refractivity contribution in [1.82, 2.24) is 19.9 Å². The summed E-state index contributed by atoms with van der Waals surface area (Å²) in [6.45, 7) is 3.57. The molecule has 2 aliphatic rings. The second kappa shape index (κ2) is 7.78. The number of hydrogen-bond donors (Lipinski definition) is 0. The van der Waals surface area contributed by atoms with Crippen LogP contribution in [0.15, 0.2) is 36.7 Å². The van der Waals surface area contributed by atoms with E-state index in [0.29, 0.717) is 25.6 Å². The molecule has 0 aromatic carbocycles. The second-order valence-electron chi connectivity index (χ2n) is 6.64. The highest BCUT2D eigenvalue weighted by atomic mass is 16.5. The maximum Gasteiger partial charge on any atom is 0.229 e. The maximum atomic E-state index is 12.9. The summed E-state index contributed by atoms with van der Waals surface area (Å²) >= 11 is 0. The van der Waals surface area contributed by atoms with Gasteiger partial charge in [-0.25, -0.2) is 9.97 Å². The quantitative estimate of drug-likeness (QED) is 0.832. The van der Waals surface area contributed by atoms with Crippen LogP contribution in [0.3, 0.4) is 0 Å². The summed E-state index contributed by atoms with van der Waals surface area (Å²) in [7, 11) is 0. The van der Waals surface area contributed by atoms with Crippen LogP contribution in [0.2, 0.25) is 0 Å². The van der Waals surface area contributed by atoms with Crippen LogP contribution in [0.4, 0.5) is 5.82 Å². The van der Waals surface area contributed by atoms with Crippen molar-refractivity contribution in [3.63, 3.8) is 0 Å². The van der Waals surface area contributed by atoms with Gasteiger partial charge in [0, 0.05) is 37.7 Å². The molecule has 2 aromatic rings. The van der Waals surface area contributed by atoms with E-state index in [-0.39, 0.29) is 18.4 Å². The normalized spacial score (nSPS) is 20.4. The number of pyridine rings is 1. The highest BCUT2D eigenvalue weighted by molar-refractivity contribution is 5.78. The fraction of sp³-hybridized carbons (Fsp3) is 0.474. The number of amides is 1. The van der Waals surface area contributed by atoms with Crippen LogP contribution in [0.5, 0.6) is 0 Å². The van der Waals surface area contributed by atoms with Gasteiger partial charge in [0.05, 0.1) is 19.6 Å². The Kier molecular flexibility index (Phi) is 5.06. The summed E-state index contributed by atoms with van der Waals surface area (Å²) in [6.07, 6.45) is 6.17. The first-order valence-electron chi connectivity index (χ1n) is 9.16. The molecule has 2 saturated heterocycles. The van der Waals surface area contributed by atoms with Gasteiger partial charge in [-0.3, -0.25) is 9.78 Å². The Hall–Kier alpha value is -2.54. The summed E-state index contributed by atoms with van der Waals surface area (Å²) < 4.78 is 5.63. The fourth-order valence-corrected chi connectivity index (χ4v) is 3.52. The summed E-state index contributed by atoms with van der Waals surface area (Å²) in [4.78, 5) is 30.4. The minimum atomic E-state index is -0.248. The minimum Gasteiger partial charge on any atom is -0.377 e. The highest BCUT2D eigenvalue weighted by Crippen LogP contribution is 2.25. The number of nitrogens with zero attached hydrogens (tertiary/aromatic N) is 5. The van der Waals surface area contributed by atoms with Gasteiger partial charge in [0.15, 0.2) is 5.82 Å². The number of morpholine rings is 1. The molecular formula is C19H23N5O2. The van der Waals surface area contributed by atoms with Crippen LogP contribution in [0.1, 0.15) is 30.4 Å². The lowest BCUT2D eigenvalue weighted by Gasteiger charge is -2.35. The predicted octanol–water partition coefficient (Wildman–Crippen LogP) is 1.61. The molecular weight excluding hydrogens is 330 g/mol. The van der Waals surface area contributed by atoms with Crippen molar-refractivity contribution in [1.29, 1.82) is 0 Å². The van der Waals surface area contributed by atoms with Gasteiger partial charge in [-0.1, -0.05) is 6.07 Å². The van der Waals surface area contributed by atoms with Gasteiger partial charge < -0.3 is 14.5 Å². The first kappa shape index (κ1) is 16.9. The van der Waals surface area contributed by atoms with Gasteiger partial charge in [0.25, 0.3) is 0 Å². The predicted molar refractivity (Wildman–Crippen MR) is 96.7 cm³/mol. The molecule has 7 heteroatoms. The van der Waals surface area contributed by atoms with Crippen molar-refractivity contribution in [2.45, 2.75) is 25.3 Å². The Morgan fingerprint density at radius 2 is 2.00 bits per heavy atom. The van der Waals surface area contributed by atoms with Crippen molar-refractivity contribution < 1.29 is 9.53 Å². The average Bonchev–Trinajstić information content (AvgIpc) is 3.24. The zero-order valence-electron chi connectivity index (χ0n) is 14.8. The number of hydrogen-bond acceptors (Lipinski definition) is 6. The van der Waals surface area contributed by atoms with Crippen molar-refractivity contribution >= 4 is 11.7 Å². The Morgan fingerprint density at radius 1 is 1.12 bits per heavy atom. The van der Waals surface area contributed by atoms with E-state index in [0.717, 1.165) is 24.6 Å². The van der Waals surface area contributed by atoms with Crippen LogP contribution >= 0.6 is 0 Å². The van der Waals surface area contributed by atoms with Crippen LogP contribution < -0.4 is 4.90 Å². The summed E-state index contributed by atoms with van der Waals surface area (Å²) in [5, 5.41) is 0. The SMILES string of the molecule is O=C(Cc1ccccn1)N1CCOC[C@@H]1c1nccc(N2CCCC2)n1. The summed E-state index contributed by atoms with van der Waals surface area (Å²) in [5.74, 6) is 1.63. The highest BCUT2D eigenvalue weighted by Gasteiger charge is 2.31. The monoisotopic (exact) mass is 353 g/mol. The van der Waals surface area contributed by atoms with Gasteiger partial charge in [-0.05, 0) is 31.0 Å². The average molecular weight is 353 g/mol. The molecule has 0 aliphatic carbocycles. The maximum absolute atomic E-state index is 12.9. The molecule has 0 bridgehead atoms. The van der Waals surface area contributed by atoms with E-state index in [1.165, 1.54) is 12.8 Å². The van der Waals surface area contributed by atoms with Crippen LogP contribution in [-0.2, 0) is 16.0 Å². The van der Waals surface area contributed by atoms with Crippen molar-refractivity contribution in [3.05, 3.63) is 48.2 Å². The van der Waals surface area contributed by atoms with E-state index in [9.17, 15) is 4.79 Å². The molecule has 0 saturated carbocycles. The fourth-order valence-electron chi connectivity index (χ4n) is 3.52. The van der Waals surface area contributed by atoms with Gasteiger partial charge in [-0.2, -0.15) is 0 Å². The molecule has 0 unspecified atom stereocenters. The lowest BCUT2D eigenvalue weighted by Crippen LogP contribution is -2.45. The molecule has 2 fully saturated rings. The molecule has 136 valence electrons. The van der Waals surface area contributed by atoms with Gasteiger partial charge in [0.2, 0.25) is 5.91 Å². The smallest absolute Gasteiger partial charge is 0.229 e. The number of rotatable bonds is 4. The van der Waals surface area contributed by atoms with Crippen LogP contribution in [-0.4, -0.2) is 58.6 Å². The van der Waals surface area contributed by atoms with Crippen LogP contribution in [0, 0.1) is 0 Å². The van der Waals surface area contributed by atoms with Crippen molar-refractivity contribution in [2.75, 3.05) is 37.7 Å². The first-order valence-corrected chi connectivity index (χ1v) is 9.16. The molecule has 1 atom stereocenters. The number of anilines is 1. The molecule has 7 nitrogen and oxygen atoms in total. The number of ether oxygens (including phenoxy) is 1. The molecule has 0 radical (unpaired) electrons. The van der Waals surface area contributed by atoms with E-state index in [4.69, 9.17) is 9.72 Å². The topological polar surface area (TPSA) is 71.5 Å². The second-order valence-corrected chi connectivity index (χ2v) is 6.64. The summed E-state index contributed by atoms with van der Waals surface area (Å²) in [6, 6.07) is 7.32. The van der Waals surface area contributed by atoms with E-state index < -0.39 is 0 Å². The molecule has 2 aliphatic heterocycles. The van der Waals surface area contributed by atoms with Crippen molar-refractivity contribution in [3.8, 4) is 0 Å². The zero-order valence-corrected chi connectivity index (χ0v) is 14.8. The summed E-state index contributed by atoms with van der Waals surface area (Å²) in [5.41, 5.74) is 0.773. The molecule has 0 spiro atoms. The van der Waals surface area contributed by atoms with Crippen molar-refractivity contribution in [2.24, 2.45) is 0 Å². The molecule has 4 heterocycles.